The van der Waals surface area contributed by atoms with Gasteiger partial charge in [-0.2, -0.15) is 0 Å². The number of nitrogens with zero attached hydrogens (tertiary/aromatic N) is 2. The molecule has 1 aliphatic heterocycles. The molecule has 1 saturated heterocycles. The molecule has 0 bridgehead atoms. The average Bonchev–Trinajstić information content (AvgIpc) is 3.23. The molecule has 1 fully saturated rings. The standard InChI is InChI=1S/C18H32N4O3/c1-13(17-14(2)22-25-15(17)3)11-21-18(19-4)20-8-6-9-23-12-16-7-5-10-24-16/h13,16H,5-12H2,1-4H3,(H2,19,20,21). The average molecular weight is 352 g/mol. The Morgan fingerprint density at radius 2 is 2.24 bits per heavy atom. The van der Waals surface area contributed by atoms with Crippen molar-refractivity contribution in [3.05, 3.63) is 17.0 Å². The van der Waals surface area contributed by atoms with E-state index in [4.69, 9.17) is 14.0 Å². The predicted octanol–water partition coefficient (Wildman–Crippen LogP) is 2.15. The molecule has 0 saturated carbocycles. The van der Waals surface area contributed by atoms with Gasteiger partial charge in [0, 0.05) is 44.8 Å². The molecule has 0 radical (unpaired) electrons. The molecule has 0 amide bonds. The number of hydrogen-bond acceptors (Lipinski definition) is 5. The molecular weight excluding hydrogens is 320 g/mol. The summed E-state index contributed by atoms with van der Waals surface area (Å²) in [6.07, 6.45) is 3.52. The lowest BCUT2D eigenvalue weighted by Crippen LogP contribution is -2.39. The second kappa shape index (κ2) is 10.4. The second-order valence-corrected chi connectivity index (χ2v) is 6.58. The smallest absolute Gasteiger partial charge is 0.190 e. The second-order valence-electron chi connectivity index (χ2n) is 6.58. The largest absolute Gasteiger partial charge is 0.379 e. The van der Waals surface area contributed by atoms with E-state index in [1.807, 2.05) is 13.8 Å². The van der Waals surface area contributed by atoms with Crippen LogP contribution < -0.4 is 10.6 Å². The fourth-order valence-corrected chi connectivity index (χ4v) is 3.14. The maximum atomic E-state index is 5.66. The zero-order valence-electron chi connectivity index (χ0n) is 15.9. The number of aromatic nitrogens is 1. The molecular formula is C18H32N4O3. The van der Waals surface area contributed by atoms with Crippen LogP contribution in [0.4, 0.5) is 0 Å². The van der Waals surface area contributed by atoms with Gasteiger partial charge in [0.15, 0.2) is 5.96 Å². The summed E-state index contributed by atoms with van der Waals surface area (Å²) >= 11 is 0. The Balaban J connectivity index is 1.58. The van der Waals surface area contributed by atoms with Crippen LogP contribution in [0, 0.1) is 13.8 Å². The molecule has 1 aliphatic rings. The molecule has 25 heavy (non-hydrogen) atoms. The van der Waals surface area contributed by atoms with Gasteiger partial charge in [-0.05, 0) is 33.1 Å². The number of aliphatic imine (C=N–C) groups is 1. The van der Waals surface area contributed by atoms with Crippen LogP contribution in [0.1, 0.15) is 49.1 Å². The lowest BCUT2D eigenvalue weighted by atomic mass is 10.00. The number of hydrogen-bond donors (Lipinski definition) is 2. The molecule has 0 spiro atoms. The third kappa shape index (κ3) is 6.32. The minimum absolute atomic E-state index is 0.299. The van der Waals surface area contributed by atoms with Crippen LogP contribution in [0.5, 0.6) is 0 Å². The monoisotopic (exact) mass is 352 g/mol. The Kier molecular flexibility index (Phi) is 8.21. The molecule has 1 aromatic heterocycles. The third-order valence-electron chi connectivity index (χ3n) is 4.47. The van der Waals surface area contributed by atoms with Gasteiger partial charge in [-0.15, -0.1) is 0 Å². The van der Waals surface area contributed by atoms with Crippen LogP contribution in [0.25, 0.3) is 0 Å². The van der Waals surface area contributed by atoms with Gasteiger partial charge in [0.2, 0.25) is 0 Å². The van der Waals surface area contributed by atoms with E-state index in [0.717, 1.165) is 63.0 Å². The van der Waals surface area contributed by atoms with Crippen molar-refractivity contribution < 1.29 is 14.0 Å². The number of nitrogens with one attached hydrogen (secondary N) is 2. The molecule has 2 atom stereocenters. The highest BCUT2D eigenvalue weighted by Gasteiger charge is 2.17. The van der Waals surface area contributed by atoms with E-state index < -0.39 is 0 Å². The van der Waals surface area contributed by atoms with Crippen LogP contribution in [0.15, 0.2) is 9.52 Å². The van der Waals surface area contributed by atoms with Gasteiger partial charge in [0.25, 0.3) is 0 Å². The van der Waals surface area contributed by atoms with E-state index in [1.165, 1.54) is 5.56 Å². The van der Waals surface area contributed by atoms with E-state index in [-0.39, 0.29) is 0 Å². The van der Waals surface area contributed by atoms with Crippen LogP contribution in [-0.4, -0.2) is 57.2 Å². The molecule has 0 aromatic carbocycles. The Bertz CT molecular complexity index is 519. The van der Waals surface area contributed by atoms with Gasteiger partial charge in [0.1, 0.15) is 5.76 Å². The molecule has 7 nitrogen and oxygen atoms in total. The molecule has 2 unspecified atom stereocenters. The van der Waals surface area contributed by atoms with Crippen LogP contribution in [0.3, 0.4) is 0 Å². The van der Waals surface area contributed by atoms with E-state index in [2.05, 4.69) is 27.7 Å². The topological polar surface area (TPSA) is 80.9 Å². The van der Waals surface area contributed by atoms with E-state index in [0.29, 0.717) is 18.6 Å². The summed E-state index contributed by atoms with van der Waals surface area (Å²) in [4.78, 5) is 4.26. The van der Waals surface area contributed by atoms with Crippen molar-refractivity contribution in [3.63, 3.8) is 0 Å². The van der Waals surface area contributed by atoms with Crippen molar-refractivity contribution in [1.29, 1.82) is 0 Å². The van der Waals surface area contributed by atoms with Gasteiger partial charge in [-0.25, -0.2) is 0 Å². The quantitative estimate of drug-likeness (QED) is 0.403. The Morgan fingerprint density at radius 3 is 2.88 bits per heavy atom. The number of ether oxygens (including phenoxy) is 2. The van der Waals surface area contributed by atoms with Crippen molar-refractivity contribution >= 4 is 5.96 Å². The summed E-state index contributed by atoms with van der Waals surface area (Å²) in [5.74, 6) is 2.00. The molecule has 2 N–H and O–H groups in total. The Morgan fingerprint density at radius 1 is 1.40 bits per heavy atom. The van der Waals surface area contributed by atoms with Crippen LogP contribution >= 0.6 is 0 Å². The lowest BCUT2D eigenvalue weighted by Gasteiger charge is -2.16. The van der Waals surface area contributed by atoms with Gasteiger partial charge >= 0.3 is 0 Å². The highest BCUT2D eigenvalue weighted by atomic mass is 16.5. The van der Waals surface area contributed by atoms with Gasteiger partial charge in [-0.3, -0.25) is 4.99 Å². The zero-order chi connectivity index (χ0) is 18.1. The first kappa shape index (κ1) is 19.7. The van der Waals surface area contributed by atoms with Crippen molar-refractivity contribution in [2.75, 3.05) is 40.0 Å². The molecule has 7 heteroatoms. The molecule has 2 heterocycles. The minimum Gasteiger partial charge on any atom is -0.379 e. The predicted molar refractivity (Wildman–Crippen MR) is 98.2 cm³/mol. The molecule has 2 rings (SSSR count). The number of aryl methyl sites for hydroxylation is 2. The first-order valence-corrected chi connectivity index (χ1v) is 9.18. The van der Waals surface area contributed by atoms with E-state index in [1.54, 1.807) is 7.05 Å². The van der Waals surface area contributed by atoms with E-state index >= 15 is 0 Å². The fourth-order valence-electron chi connectivity index (χ4n) is 3.14. The van der Waals surface area contributed by atoms with Gasteiger partial charge in [0.05, 0.1) is 18.4 Å². The highest BCUT2D eigenvalue weighted by molar-refractivity contribution is 5.79. The molecule has 1 aromatic rings. The van der Waals surface area contributed by atoms with Gasteiger partial charge in [-0.1, -0.05) is 12.1 Å². The molecule has 0 aliphatic carbocycles. The Hall–Kier alpha value is -1.60. The SMILES string of the molecule is CN=C(NCCCOCC1CCCO1)NCC(C)c1c(C)noc1C. The first-order chi connectivity index (χ1) is 12.1. The zero-order valence-corrected chi connectivity index (χ0v) is 15.9. The minimum atomic E-state index is 0.299. The summed E-state index contributed by atoms with van der Waals surface area (Å²) in [6, 6.07) is 0. The number of guanidine groups is 1. The summed E-state index contributed by atoms with van der Waals surface area (Å²) in [6.45, 7) is 10.0. The van der Waals surface area contributed by atoms with Crippen molar-refractivity contribution in [2.24, 2.45) is 4.99 Å². The maximum Gasteiger partial charge on any atom is 0.190 e. The Labute approximate surface area is 150 Å². The highest BCUT2D eigenvalue weighted by Crippen LogP contribution is 2.22. The first-order valence-electron chi connectivity index (χ1n) is 9.18. The normalized spacial score (nSPS) is 19.2. The fraction of sp³-hybridized carbons (Fsp3) is 0.778. The van der Waals surface area contributed by atoms with Crippen LogP contribution in [0.2, 0.25) is 0 Å². The van der Waals surface area contributed by atoms with Crippen molar-refractivity contribution in [1.82, 2.24) is 15.8 Å². The summed E-state index contributed by atoms with van der Waals surface area (Å²) in [5.41, 5.74) is 2.13. The van der Waals surface area contributed by atoms with Crippen molar-refractivity contribution in [3.8, 4) is 0 Å². The third-order valence-corrected chi connectivity index (χ3v) is 4.47. The number of rotatable bonds is 9. The van der Waals surface area contributed by atoms with Gasteiger partial charge < -0.3 is 24.6 Å². The van der Waals surface area contributed by atoms with E-state index in [9.17, 15) is 0 Å². The molecule has 142 valence electrons. The van der Waals surface area contributed by atoms with Crippen molar-refractivity contribution in [2.45, 2.75) is 52.1 Å². The summed E-state index contributed by atoms with van der Waals surface area (Å²) < 4.78 is 16.4. The summed E-state index contributed by atoms with van der Waals surface area (Å²) in [5, 5.41) is 10.7. The summed E-state index contributed by atoms with van der Waals surface area (Å²) in [7, 11) is 1.78. The lowest BCUT2D eigenvalue weighted by molar-refractivity contribution is 0.0168. The van der Waals surface area contributed by atoms with Crippen LogP contribution in [-0.2, 0) is 9.47 Å². The maximum absolute atomic E-state index is 5.66.